The fourth-order valence-corrected chi connectivity index (χ4v) is 2.66. The minimum absolute atomic E-state index is 0.601. The van der Waals surface area contributed by atoms with Crippen molar-refractivity contribution in [3.05, 3.63) is 28.5 Å². The maximum absolute atomic E-state index is 4.60. The smallest absolute Gasteiger partial charge is 0.108 e. The second-order valence-electron chi connectivity index (χ2n) is 4.34. The minimum atomic E-state index is 0.601. The molecule has 1 aliphatic rings. The lowest BCUT2D eigenvalue weighted by Gasteiger charge is -2.06. The molecule has 1 aliphatic heterocycles. The lowest BCUT2D eigenvalue weighted by Crippen LogP contribution is -2.24. The minimum Gasteiger partial charge on any atom is -0.342 e. The van der Waals surface area contributed by atoms with Gasteiger partial charge in [-0.1, -0.05) is 15.9 Å². The number of rotatable bonds is 2. The van der Waals surface area contributed by atoms with Crippen LogP contribution in [-0.4, -0.2) is 22.6 Å². The molecule has 2 heterocycles. The number of H-pyrrole nitrogens is 1. The molecule has 1 aromatic heterocycles. The van der Waals surface area contributed by atoms with Crippen LogP contribution in [0.25, 0.3) is 11.0 Å². The Balaban J connectivity index is 1.86. The monoisotopic (exact) mass is 279 g/mol. The highest BCUT2D eigenvalue weighted by atomic mass is 79.9. The summed E-state index contributed by atoms with van der Waals surface area (Å²) in [6.07, 6.45) is 3.56. The zero-order valence-electron chi connectivity index (χ0n) is 8.96. The normalized spacial score (nSPS) is 20.7. The van der Waals surface area contributed by atoms with Gasteiger partial charge in [-0.25, -0.2) is 4.98 Å². The molecule has 2 aromatic rings. The van der Waals surface area contributed by atoms with Crippen LogP contribution in [0.2, 0.25) is 0 Å². The number of nitrogens with one attached hydrogen (secondary N) is 2. The Hall–Kier alpha value is -0.870. The fraction of sp³-hybridized carbons (Fsp3) is 0.417. The molecule has 16 heavy (non-hydrogen) atoms. The number of aromatic nitrogens is 2. The number of hydrogen-bond donors (Lipinski definition) is 2. The number of hydrogen-bond acceptors (Lipinski definition) is 2. The third-order valence-electron chi connectivity index (χ3n) is 3.10. The zero-order chi connectivity index (χ0) is 11.0. The van der Waals surface area contributed by atoms with Gasteiger partial charge in [-0.05, 0) is 37.6 Å². The van der Waals surface area contributed by atoms with Crippen LogP contribution >= 0.6 is 15.9 Å². The maximum atomic E-state index is 4.60. The van der Waals surface area contributed by atoms with Gasteiger partial charge in [0.1, 0.15) is 5.82 Å². The van der Waals surface area contributed by atoms with Gasteiger partial charge in [0.15, 0.2) is 0 Å². The van der Waals surface area contributed by atoms with Crippen molar-refractivity contribution in [1.82, 2.24) is 15.3 Å². The van der Waals surface area contributed by atoms with Crippen molar-refractivity contribution >= 4 is 27.0 Å². The van der Waals surface area contributed by atoms with Gasteiger partial charge in [-0.3, -0.25) is 0 Å². The molecular formula is C12H14BrN3. The highest BCUT2D eigenvalue weighted by Gasteiger charge is 2.16. The van der Waals surface area contributed by atoms with Crippen LogP contribution in [-0.2, 0) is 6.42 Å². The number of nitrogens with zero attached hydrogens (tertiary/aromatic N) is 1. The van der Waals surface area contributed by atoms with Crippen molar-refractivity contribution in [2.24, 2.45) is 0 Å². The molecule has 1 unspecified atom stereocenters. The Morgan fingerprint density at radius 3 is 3.19 bits per heavy atom. The first-order valence-electron chi connectivity index (χ1n) is 5.69. The van der Waals surface area contributed by atoms with Gasteiger partial charge in [-0.15, -0.1) is 0 Å². The van der Waals surface area contributed by atoms with Crippen molar-refractivity contribution < 1.29 is 0 Å². The Morgan fingerprint density at radius 2 is 2.38 bits per heavy atom. The molecule has 1 saturated heterocycles. The Kier molecular flexibility index (Phi) is 2.69. The topological polar surface area (TPSA) is 40.7 Å². The zero-order valence-corrected chi connectivity index (χ0v) is 10.5. The van der Waals surface area contributed by atoms with E-state index < -0.39 is 0 Å². The molecule has 0 spiro atoms. The van der Waals surface area contributed by atoms with E-state index in [1.165, 1.54) is 12.8 Å². The molecule has 0 saturated carbocycles. The molecular weight excluding hydrogens is 266 g/mol. The summed E-state index contributed by atoms with van der Waals surface area (Å²) in [5.74, 6) is 1.09. The molecule has 1 aromatic carbocycles. The summed E-state index contributed by atoms with van der Waals surface area (Å²) in [6.45, 7) is 1.15. The van der Waals surface area contributed by atoms with Crippen molar-refractivity contribution in [2.75, 3.05) is 6.54 Å². The summed E-state index contributed by atoms with van der Waals surface area (Å²) >= 11 is 3.47. The second kappa shape index (κ2) is 4.18. The van der Waals surface area contributed by atoms with E-state index in [2.05, 4.69) is 37.3 Å². The molecule has 0 radical (unpaired) electrons. The number of aromatic amines is 1. The highest BCUT2D eigenvalue weighted by Crippen LogP contribution is 2.19. The van der Waals surface area contributed by atoms with Crippen LogP contribution in [0.15, 0.2) is 22.7 Å². The molecule has 0 bridgehead atoms. The predicted molar refractivity (Wildman–Crippen MR) is 68.5 cm³/mol. The van der Waals surface area contributed by atoms with Gasteiger partial charge in [0, 0.05) is 16.9 Å². The Morgan fingerprint density at radius 1 is 1.44 bits per heavy atom. The average molecular weight is 280 g/mol. The highest BCUT2D eigenvalue weighted by molar-refractivity contribution is 9.10. The number of imidazole rings is 1. The Bertz CT molecular complexity index is 500. The summed E-state index contributed by atoms with van der Waals surface area (Å²) in [5, 5.41) is 3.49. The van der Waals surface area contributed by atoms with E-state index in [1.54, 1.807) is 0 Å². The predicted octanol–water partition coefficient (Wildman–Crippen LogP) is 2.62. The number of benzene rings is 1. The lowest BCUT2D eigenvalue weighted by atomic mass is 10.1. The van der Waals surface area contributed by atoms with Gasteiger partial charge < -0.3 is 10.3 Å². The van der Waals surface area contributed by atoms with Gasteiger partial charge in [0.2, 0.25) is 0 Å². The SMILES string of the molecule is Brc1ccc2nc(CC3CCCN3)[nH]c2c1. The van der Waals surface area contributed by atoms with E-state index in [-0.39, 0.29) is 0 Å². The van der Waals surface area contributed by atoms with Crippen LogP contribution in [0.1, 0.15) is 18.7 Å². The van der Waals surface area contributed by atoms with Crippen LogP contribution in [0, 0.1) is 0 Å². The molecule has 0 amide bonds. The van der Waals surface area contributed by atoms with Crippen LogP contribution in [0.4, 0.5) is 0 Å². The van der Waals surface area contributed by atoms with E-state index in [1.807, 2.05) is 12.1 Å². The first-order chi connectivity index (χ1) is 7.81. The number of fused-ring (bicyclic) bond motifs is 1. The molecule has 84 valence electrons. The van der Waals surface area contributed by atoms with E-state index in [9.17, 15) is 0 Å². The van der Waals surface area contributed by atoms with Crippen LogP contribution in [0.5, 0.6) is 0 Å². The summed E-state index contributed by atoms with van der Waals surface area (Å²) in [5.41, 5.74) is 2.17. The van der Waals surface area contributed by atoms with Crippen LogP contribution < -0.4 is 5.32 Å². The third kappa shape index (κ3) is 1.99. The third-order valence-corrected chi connectivity index (χ3v) is 3.59. The largest absolute Gasteiger partial charge is 0.342 e. The average Bonchev–Trinajstić information content (AvgIpc) is 2.86. The molecule has 0 aliphatic carbocycles. The summed E-state index contributed by atoms with van der Waals surface area (Å²) in [7, 11) is 0. The summed E-state index contributed by atoms with van der Waals surface area (Å²) < 4.78 is 1.09. The van der Waals surface area contributed by atoms with Crippen molar-refractivity contribution in [2.45, 2.75) is 25.3 Å². The maximum Gasteiger partial charge on any atom is 0.108 e. The fourth-order valence-electron chi connectivity index (χ4n) is 2.30. The first-order valence-corrected chi connectivity index (χ1v) is 6.48. The molecule has 2 N–H and O–H groups in total. The van der Waals surface area contributed by atoms with E-state index in [0.29, 0.717) is 6.04 Å². The van der Waals surface area contributed by atoms with Crippen LogP contribution in [0.3, 0.4) is 0 Å². The Labute approximate surface area is 103 Å². The van der Waals surface area contributed by atoms with Gasteiger partial charge in [0.05, 0.1) is 11.0 Å². The molecule has 1 fully saturated rings. The van der Waals surface area contributed by atoms with E-state index in [4.69, 9.17) is 0 Å². The van der Waals surface area contributed by atoms with E-state index in [0.717, 1.165) is 34.3 Å². The first kappa shape index (κ1) is 10.3. The molecule has 3 rings (SSSR count). The van der Waals surface area contributed by atoms with Crippen molar-refractivity contribution in [1.29, 1.82) is 0 Å². The van der Waals surface area contributed by atoms with Gasteiger partial charge in [-0.2, -0.15) is 0 Å². The molecule has 1 atom stereocenters. The summed E-state index contributed by atoms with van der Waals surface area (Å²) in [4.78, 5) is 7.98. The molecule has 4 heteroatoms. The lowest BCUT2D eigenvalue weighted by molar-refractivity contribution is 0.589. The van der Waals surface area contributed by atoms with Gasteiger partial charge >= 0.3 is 0 Å². The van der Waals surface area contributed by atoms with Crippen molar-refractivity contribution in [3.8, 4) is 0 Å². The quantitative estimate of drug-likeness (QED) is 0.887. The second-order valence-corrected chi connectivity index (χ2v) is 5.26. The molecule has 3 nitrogen and oxygen atoms in total. The summed E-state index contributed by atoms with van der Waals surface area (Å²) in [6, 6.07) is 6.75. The van der Waals surface area contributed by atoms with E-state index >= 15 is 0 Å². The van der Waals surface area contributed by atoms with Gasteiger partial charge in [0.25, 0.3) is 0 Å². The number of halogens is 1. The standard InChI is InChI=1S/C12H14BrN3/c13-8-3-4-10-11(6-8)16-12(15-10)7-9-2-1-5-14-9/h3-4,6,9,14H,1-2,5,7H2,(H,15,16). The van der Waals surface area contributed by atoms with Crippen molar-refractivity contribution in [3.63, 3.8) is 0 Å².